The van der Waals surface area contributed by atoms with Gasteiger partial charge in [-0.25, -0.2) is 0 Å². The summed E-state index contributed by atoms with van der Waals surface area (Å²) in [4.78, 5) is 0. The molecular weight excluding hydrogens is 232 g/mol. The zero-order valence-corrected chi connectivity index (χ0v) is 11.7. The molecule has 0 amide bonds. The Kier molecular flexibility index (Phi) is 3.42. The van der Waals surface area contributed by atoms with E-state index in [9.17, 15) is 0 Å². The molecule has 98 valence electrons. The first-order valence-corrected chi connectivity index (χ1v) is 7.94. The molecule has 4 atom stereocenters. The molecule has 2 aliphatic carbocycles. The van der Waals surface area contributed by atoms with E-state index in [2.05, 4.69) is 6.92 Å². The number of halogens is 1. The lowest BCUT2D eigenvalue weighted by Gasteiger charge is -2.26. The lowest BCUT2D eigenvalue weighted by Crippen LogP contribution is -2.26. The maximum absolute atomic E-state index is 6.41. The fraction of sp³-hybridized carbons (Fsp3) is 1.00. The molecule has 0 bridgehead atoms. The molecule has 1 saturated heterocycles. The van der Waals surface area contributed by atoms with Gasteiger partial charge in [0.25, 0.3) is 0 Å². The molecule has 2 heteroatoms. The van der Waals surface area contributed by atoms with Crippen molar-refractivity contribution >= 4 is 11.6 Å². The van der Waals surface area contributed by atoms with Crippen LogP contribution in [0.25, 0.3) is 0 Å². The molecule has 0 aromatic heterocycles. The third-order valence-corrected chi connectivity index (χ3v) is 6.16. The summed E-state index contributed by atoms with van der Waals surface area (Å²) in [5.41, 5.74) is 0.312. The third-order valence-electron chi connectivity index (χ3n) is 5.55. The van der Waals surface area contributed by atoms with Crippen LogP contribution in [0.2, 0.25) is 0 Å². The Morgan fingerprint density at radius 3 is 2.53 bits per heavy atom. The van der Waals surface area contributed by atoms with Crippen LogP contribution in [0.3, 0.4) is 0 Å². The zero-order valence-electron chi connectivity index (χ0n) is 11.0. The van der Waals surface area contributed by atoms with E-state index in [0.29, 0.717) is 23.0 Å². The van der Waals surface area contributed by atoms with E-state index in [0.717, 1.165) is 5.92 Å². The van der Waals surface area contributed by atoms with Crippen molar-refractivity contribution in [1.29, 1.82) is 0 Å². The van der Waals surface area contributed by atoms with E-state index < -0.39 is 0 Å². The van der Waals surface area contributed by atoms with Gasteiger partial charge >= 0.3 is 0 Å². The highest BCUT2D eigenvalue weighted by Gasteiger charge is 2.43. The smallest absolute Gasteiger partial charge is 0.0687 e. The number of rotatable bonds is 2. The first-order chi connectivity index (χ1) is 8.19. The topological polar surface area (TPSA) is 9.23 Å². The minimum Gasteiger partial charge on any atom is -0.372 e. The van der Waals surface area contributed by atoms with Crippen LogP contribution < -0.4 is 0 Å². The minimum atomic E-state index is 0.312. The SMILES string of the molecule is CC1C(Cl)CCC1CC1CCC2(CCCC2)O1. The number of hydrogen-bond donors (Lipinski definition) is 0. The number of ether oxygens (including phenoxy) is 1. The fourth-order valence-corrected chi connectivity index (χ4v) is 4.64. The van der Waals surface area contributed by atoms with Gasteiger partial charge in [-0.2, -0.15) is 0 Å². The van der Waals surface area contributed by atoms with Crippen LogP contribution in [0.4, 0.5) is 0 Å². The molecular formula is C15H25ClO. The standard InChI is InChI=1S/C15H25ClO/c1-11-12(4-5-14(11)16)10-13-6-9-15(17-13)7-2-3-8-15/h11-14H,2-10H2,1H3. The molecule has 17 heavy (non-hydrogen) atoms. The molecule has 3 aliphatic rings. The van der Waals surface area contributed by atoms with E-state index in [1.165, 1.54) is 57.8 Å². The second-order valence-electron chi connectivity index (χ2n) is 6.62. The van der Waals surface area contributed by atoms with Gasteiger partial charge < -0.3 is 4.74 Å². The van der Waals surface area contributed by atoms with Crippen molar-refractivity contribution < 1.29 is 4.74 Å². The summed E-state index contributed by atoms with van der Waals surface area (Å²) in [5, 5.41) is 0.418. The predicted octanol–water partition coefficient (Wildman–Crippen LogP) is 4.52. The van der Waals surface area contributed by atoms with Crippen LogP contribution in [0, 0.1) is 11.8 Å². The second kappa shape index (κ2) is 4.74. The van der Waals surface area contributed by atoms with Crippen LogP contribution in [0.1, 0.15) is 64.7 Å². The summed E-state index contributed by atoms with van der Waals surface area (Å²) in [7, 11) is 0. The lowest BCUT2D eigenvalue weighted by molar-refractivity contribution is -0.0455. The highest BCUT2D eigenvalue weighted by molar-refractivity contribution is 6.20. The summed E-state index contributed by atoms with van der Waals surface area (Å²) < 4.78 is 6.41. The Balaban J connectivity index is 1.54. The molecule has 1 nitrogen and oxygen atoms in total. The van der Waals surface area contributed by atoms with E-state index in [4.69, 9.17) is 16.3 Å². The largest absolute Gasteiger partial charge is 0.372 e. The summed E-state index contributed by atoms with van der Waals surface area (Å²) in [6.45, 7) is 2.33. The minimum absolute atomic E-state index is 0.312. The van der Waals surface area contributed by atoms with Gasteiger partial charge in [0.05, 0.1) is 11.7 Å². The molecule has 3 fully saturated rings. The maximum atomic E-state index is 6.41. The van der Waals surface area contributed by atoms with Crippen molar-refractivity contribution in [1.82, 2.24) is 0 Å². The normalized spacial score (nSPS) is 44.8. The summed E-state index contributed by atoms with van der Waals surface area (Å²) >= 11 is 6.32. The molecule has 0 radical (unpaired) electrons. The molecule has 3 rings (SSSR count). The van der Waals surface area contributed by atoms with Crippen LogP contribution in [0.5, 0.6) is 0 Å². The van der Waals surface area contributed by atoms with Crippen molar-refractivity contribution in [3.05, 3.63) is 0 Å². The van der Waals surface area contributed by atoms with Gasteiger partial charge in [0.15, 0.2) is 0 Å². The average Bonchev–Trinajstić information content (AvgIpc) is 3.00. The molecule has 1 heterocycles. The monoisotopic (exact) mass is 256 g/mol. The number of hydrogen-bond acceptors (Lipinski definition) is 1. The Bertz CT molecular complexity index is 272. The van der Waals surface area contributed by atoms with Gasteiger partial charge in [-0.3, -0.25) is 0 Å². The zero-order chi connectivity index (χ0) is 11.9. The Hall–Kier alpha value is 0.250. The second-order valence-corrected chi connectivity index (χ2v) is 7.18. The Morgan fingerprint density at radius 1 is 1.12 bits per heavy atom. The van der Waals surface area contributed by atoms with Crippen molar-refractivity contribution in [3.63, 3.8) is 0 Å². The van der Waals surface area contributed by atoms with E-state index in [-0.39, 0.29) is 0 Å². The highest BCUT2D eigenvalue weighted by Crippen LogP contribution is 2.46. The molecule has 1 spiro atoms. The van der Waals surface area contributed by atoms with Crippen LogP contribution in [-0.2, 0) is 4.74 Å². The first-order valence-electron chi connectivity index (χ1n) is 7.50. The predicted molar refractivity (Wildman–Crippen MR) is 71.5 cm³/mol. The molecule has 0 aromatic carbocycles. The van der Waals surface area contributed by atoms with Gasteiger partial charge in [0, 0.05) is 5.38 Å². The average molecular weight is 257 g/mol. The Morgan fingerprint density at radius 2 is 1.88 bits per heavy atom. The molecule has 2 saturated carbocycles. The number of alkyl halides is 1. The van der Waals surface area contributed by atoms with Gasteiger partial charge in [0.2, 0.25) is 0 Å². The van der Waals surface area contributed by atoms with Gasteiger partial charge in [0.1, 0.15) is 0 Å². The van der Waals surface area contributed by atoms with Crippen molar-refractivity contribution in [2.45, 2.75) is 81.8 Å². The summed E-state index contributed by atoms with van der Waals surface area (Å²) in [6.07, 6.45) is 12.4. The fourth-order valence-electron chi connectivity index (χ4n) is 4.31. The lowest BCUT2D eigenvalue weighted by atomic mass is 9.90. The van der Waals surface area contributed by atoms with Gasteiger partial charge in [-0.15, -0.1) is 11.6 Å². The van der Waals surface area contributed by atoms with E-state index >= 15 is 0 Å². The molecule has 1 aliphatic heterocycles. The maximum Gasteiger partial charge on any atom is 0.0687 e. The van der Waals surface area contributed by atoms with E-state index in [1.54, 1.807) is 0 Å². The van der Waals surface area contributed by atoms with Crippen molar-refractivity contribution in [2.75, 3.05) is 0 Å². The summed E-state index contributed by atoms with van der Waals surface area (Å²) in [5.74, 6) is 1.51. The molecule has 4 unspecified atom stereocenters. The summed E-state index contributed by atoms with van der Waals surface area (Å²) in [6, 6.07) is 0. The first kappa shape index (κ1) is 12.3. The highest BCUT2D eigenvalue weighted by atomic mass is 35.5. The van der Waals surface area contributed by atoms with Crippen LogP contribution >= 0.6 is 11.6 Å². The third kappa shape index (κ3) is 2.38. The van der Waals surface area contributed by atoms with E-state index in [1.807, 2.05) is 0 Å². The Labute approximate surface area is 110 Å². The van der Waals surface area contributed by atoms with Crippen molar-refractivity contribution in [3.8, 4) is 0 Å². The quantitative estimate of drug-likeness (QED) is 0.660. The van der Waals surface area contributed by atoms with Gasteiger partial charge in [-0.1, -0.05) is 19.8 Å². The van der Waals surface area contributed by atoms with Crippen LogP contribution in [0.15, 0.2) is 0 Å². The molecule has 0 N–H and O–H groups in total. The molecule has 0 aromatic rings. The van der Waals surface area contributed by atoms with Crippen LogP contribution in [-0.4, -0.2) is 17.1 Å². The van der Waals surface area contributed by atoms with Gasteiger partial charge in [-0.05, 0) is 56.8 Å². The van der Waals surface area contributed by atoms with Crippen molar-refractivity contribution in [2.24, 2.45) is 11.8 Å².